The minimum absolute atomic E-state index is 0.371. The van der Waals surface area contributed by atoms with Gasteiger partial charge in [0.2, 0.25) is 0 Å². The van der Waals surface area contributed by atoms with Crippen molar-refractivity contribution in [2.24, 2.45) is 0 Å². The van der Waals surface area contributed by atoms with Gasteiger partial charge in [-0.2, -0.15) is 5.26 Å². The van der Waals surface area contributed by atoms with E-state index in [0.717, 1.165) is 56.8 Å². The summed E-state index contributed by atoms with van der Waals surface area (Å²) in [6.07, 6.45) is 5.72. The van der Waals surface area contributed by atoms with Gasteiger partial charge in [-0.25, -0.2) is 4.98 Å². The summed E-state index contributed by atoms with van der Waals surface area (Å²) in [6.45, 7) is 4.70. The second-order valence-corrected chi connectivity index (χ2v) is 5.57. The molecule has 0 saturated carbocycles. The van der Waals surface area contributed by atoms with Crippen LogP contribution in [0.2, 0.25) is 0 Å². The third-order valence-corrected chi connectivity index (χ3v) is 4.30. The number of anilines is 1. The second kappa shape index (κ2) is 5.80. The Bertz CT molecular complexity index is 527. The van der Waals surface area contributed by atoms with Crippen LogP contribution in [0.25, 0.3) is 0 Å². The van der Waals surface area contributed by atoms with Gasteiger partial charge in [-0.15, -0.1) is 0 Å². The lowest BCUT2D eigenvalue weighted by molar-refractivity contribution is 0.0458. The maximum atomic E-state index is 9.38. The number of rotatable bonds is 3. The van der Waals surface area contributed by atoms with Crippen molar-refractivity contribution in [1.82, 2.24) is 4.98 Å². The topological polar surface area (TPSA) is 49.1 Å². The highest BCUT2D eigenvalue weighted by molar-refractivity contribution is 5.57. The molecular formula is C16H21N3O. The van der Waals surface area contributed by atoms with E-state index in [2.05, 4.69) is 17.0 Å². The summed E-state index contributed by atoms with van der Waals surface area (Å²) in [5.41, 5.74) is 3.21. The lowest BCUT2D eigenvalue weighted by Gasteiger charge is -2.33. The van der Waals surface area contributed by atoms with Crippen LogP contribution in [0.15, 0.2) is 6.07 Å². The smallest absolute Gasteiger partial charge is 0.146 e. The Labute approximate surface area is 120 Å². The molecule has 20 heavy (non-hydrogen) atoms. The average Bonchev–Trinajstić information content (AvgIpc) is 2.94. The molecule has 1 fully saturated rings. The lowest BCUT2D eigenvalue weighted by Crippen LogP contribution is -2.38. The first-order valence-electron chi connectivity index (χ1n) is 7.61. The van der Waals surface area contributed by atoms with Gasteiger partial charge < -0.3 is 9.64 Å². The molecule has 0 atom stereocenters. The number of aryl methyl sites for hydroxylation is 2. The molecule has 0 aromatic carbocycles. The summed E-state index contributed by atoms with van der Waals surface area (Å²) in [6, 6.07) is 4.38. The van der Waals surface area contributed by atoms with E-state index >= 15 is 0 Å². The first-order valence-corrected chi connectivity index (χ1v) is 7.61. The first-order chi connectivity index (χ1) is 9.81. The fourth-order valence-electron chi connectivity index (χ4n) is 3.25. The summed E-state index contributed by atoms with van der Waals surface area (Å²) in [4.78, 5) is 7.04. The number of hydrogen-bond donors (Lipinski definition) is 0. The number of nitrogens with zero attached hydrogens (tertiary/aromatic N) is 3. The fourth-order valence-corrected chi connectivity index (χ4v) is 3.25. The van der Waals surface area contributed by atoms with Crippen LogP contribution in [-0.2, 0) is 17.6 Å². The molecule has 4 heteroatoms. The van der Waals surface area contributed by atoms with Crippen molar-refractivity contribution in [1.29, 1.82) is 5.26 Å². The molecule has 1 aromatic heterocycles. The van der Waals surface area contributed by atoms with E-state index in [1.54, 1.807) is 0 Å². The minimum Gasteiger partial charge on any atom is -0.378 e. The molecule has 2 heterocycles. The van der Waals surface area contributed by atoms with Gasteiger partial charge >= 0.3 is 0 Å². The van der Waals surface area contributed by atoms with Gasteiger partial charge in [0.05, 0.1) is 11.7 Å². The molecule has 1 aliphatic heterocycles. The Morgan fingerprint density at radius 2 is 2.20 bits per heavy atom. The van der Waals surface area contributed by atoms with Crippen molar-refractivity contribution in [3.8, 4) is 6.07 Å². The van der Waals surface area contributed by atoms with Crippen LogP contribution >= 0.6 is 0 Å². The number of piperidine rings is 1. The summed E-state index contributed by atoms with van der Waals surface area (Å²) in [5, 5.41) is 9.38. The molecule has 2 aliphatic rings. The quantitative estimate of drug-likeness (QED) is 0.847. The number of fused-ring (bicyclic) bond motifs is 1. The van der Waals surface area contributed by atoms with Crippen LogP contribution in [0.5, 0.6) is 0 Å². The molecule has 4 nitrogen and oxygen atoms in total. The fraction of sp³-hybridized carbons (Fsp3) is 0.625. The normalized spacial score (nSPS) is 18.9. The molecule has 0 N–H and O–H groups in total. The monoisotopic (exact) mass is 271 g/mol. The van der Waals surface area contributed by atoms with Crippen LogP contribution < -0.4 is 4.90 Å². The summed E-state index contributed by atoms with van der Waals surface area (Å²) < 4.78 is 5.69. The van der Waals surface area contributed by atoms with Crippen molar-refractivity contribution in [2.75, 3.05) is 24.6 Å². The van der Waals surface area contributed by atoms with Crippen LogP contribution in [0.3, 0.4) is 0 Å². The van der Waals surface area contributed by atoms with E-state index in [4.69, 9.17) is 9.72 Å². The summed E-state index contributed by atoms with van der Waals surface area (Å²) >= 11 is 0. The Balaban J connectivity index is 1.79. The predicted molar refractivity (Wildman–Crippen MR) is 77.8 cm³/mol. The summed E-state index contributed by atoms with van der Waals surface area (Å²) in [5.74, 6) is 0.892. The van der Waals surface area contributed by atoms with Gasteiger partial charge in [-0.3, -0.25) is 0 Å². The third-order valence-electron chi connectivity index (χ3n) is 4.30. The number of ether oxygens (including phenoxy) is 1. The molecule has 1 aromatic rings. The van der Waals surface area contributed by atoms with Crippen molar-refractivity contribution in [3.63, 3.8) is 0 Å². The van der Waals surface area contributed by atoms with E-state index in [1.165, 1.54) is 17.7 Å². The SMILES string of the molecule is CCOC1CCN(c2nc3c(cc2C#N)CCC3)CC1. The Kier molecular flexibility index (Phi) is 3.88. The number of pyridine rings is 1. The van der Waals surface area contributed by atoms with Crippen molar-refractivity contribution < 1.29 is 4.74 Å². The van der Waals surface area contributed by atoms with Gasteiger partial charge in [0.25, 0.3) is 0 Å². The van der Waals surface area contributed by atoms with Gasteiger partial charge in [0, 0.05) is 25.4 Å². The zero-order chi connectivity index (χ0) is 13.9. The molecule has 3 rings (SSSR count). The maximum absolute atomic E-state index is 9.38. The molecule has 1 aliphatic carbocycles. The molecule has 0 spiro atoms. The highest BCUT2D eigenvalue weighted by atomic mass is 16.5. The van der Waals surface area contributed by atoms with Gasteiger partial charge in [0.1, 0.15) is 11.9 Å². The first kappa shape index (κ1) is 13.4. The number of nitriles is 1. The zero-order valence-corrected chi connectivity index (χ0v) is 12.1. The second-order valence-electron chi connectivity index (χ2n) is 5.57. The van der Waals surface area contributed by atoms with Gasteiger partial charge in [-0.05, 0) is 50.7 Å². The standard InChI is InChI=1S/C16H21N3O/c1-2-20-14-6-8-19(9-7-14)16-13(11-17)10-12-4-3-5-15(12)18-16/h10,14H,2-9H2,1H3. The molecular weight excluding hydrogens is 250 g/mol. The molecule has 106 valence electrons. The van der Waals surface area contributed by atoms with Gasteiger partial charge in [-0.1, -0.05) is 0 Å². The van der Waals surface area contributed by atoms with E-state index in [0.29, 0.717) is 6.10 Å². The number of aromatic nitrogens is 1. The molecule has 0 unspecified atom stereocenters. The molecule has 0 amide bonds. The van der Waals surface area contributed by atoms with Gasteiger partial charge in [0.15, 0.2) is 0 Å². The lowest BCUT2D eigenvalue weighted by atomic mass is 10.1. The predicted octanol–water partition coefficient (Wildman–Crippen LogP) is 2.45. The van der Waals surface area contributed by atoms with E-state index in [1.807, 2.05) is 6.92 Å². The highest BCUT2D eigenvalue weighted by Gasteiger charge is 2.24. The zero-order valence-electron chi connectivity index (χ0n) is 12.1. The summed E-state index contributed by atoms with van der Waals surface area (Å²) in [7, 11) is 0. The third kappa shape index (κ3) is 2.51. The minimum atomic E-state index is 0.371. The number of hydrogen-bond acceptors (Lipinski definition) is 4. The molecule has 0 radical (unpaired) electrons. The Hall–Kier alpha value is -1.60. The molecule has 1 saturated heterocycles. The van der Waals surface area contributed by atoms with E-state index < -0.39 is 0 Å². The molecule has 0 bridgehead atoms. The average molecular weight is 271 g/mol. The van der Waals surface area contributed by atoms with Crippen LogP contribution in [0.1, 0.15) is 43.0 Å². The van der Waals surface area contributed by atoms with E-state index in [-0.39, 0.29) is 0 Å². The van der Waals surface area contributed by atoms with E-state index in [9.17, 15) is 5.26 Å². The van der Waals surface area contributed by atoms with Crippen LogP contribution in [0.4, 0.5) is 5.82 Å². The largest absolute Gasteiger partial charge is 0.378 e. The maximum Gasteiger partial charge on any atom is 0.146 e. The van der Waals surface area contributed by atoms with Crippen molar-refractivity contribution in [3.05, 3.63) is 22.9 Å². The Morgan fingerprint density at radius 3 is 2.90 bits per heavy atom. The Morgan fingerprint density at radius 1 is 1.40 bits per heavy atom. The van der Waals surface area contributed by atoms with Crippen LogP contribution in [0, 0.1) is 11.3 Å². The van der Waals surface area contributed by atoms with Crippen molar-refractivity contribution in [2.45, 2.75) is 45.1 Å². The van der Waals surface area contributed by atoms with Crippen LogP contribution in [-0.4, -0.2) is 30.8 Å². The van der Waals surface area contributed by atoms with Crippen molar-refractivity contribution >= 4 is 5.82 Å². The highest BCUT2D eigenvalue weighted by Crippen LogP contribution is 2.29.